The number of hydrogen-bond acceptors (Lipinski definition) is 1. The minimum Gasteiger partial charge on any atom is -0.310 e. The van der Waals surface area contributed by atoms with Gasteiger partial charge in [-0.05, 0) is 36.6 Å². The summed E-state index contributed by atoms with van der Waals surface area (Å²) in [4.78, 5) is 13.0. The maximum absolute atomic E-state index is 11.3. The van der Waals surface area contributed by atoms with Crippen LogP contribution in [-0.4, -0.2) is 6.41 Å². The standard InChI is InChI=1S/C16H17NO/c1-13-7-6-10-16(14(13)2)17(12-18)11-15-8-4-3-5-9-15/h3-10,12H,11H2,1-2H3. The second-order valence-corrected chi connectivity index (χ2v) is 4.44. The van der Waals surface area contributed by atoms with Gasteiger partial charge in [0.2, 0.25) is 6.41 Å². The molecule has 2 aromatic carbocycles. The van der Waals surface area contributed by atoms with Crippen molar-refractivity contribution in [3.05, 3.63) is 65.2 Å². The topological polar surface area (TPSA) is 20.3 Å². The van der Waals surface area contributed by atoms with Crippen molar-refractivity contribution < 1.29 is 4.79 Å². The molecule has 2 rings (SSSR count). The van der Waals surface area contributed by atoms with Crippen LogP contribution >= 0.6 is 0 Å². The average Bonchev–Trinajstić information content (AvgIpc) is 2.41. The Morgan fingerprint density at radius 2 is 1.72 bits per heavy atom. The molecule has 0 saturated carbocycles. The summed E-state index contributed by atoms with van der Waals surface area (Å²) >= 11 is 0. The first kappa shape index (κ1) is 12.4. The summed E-state index contributed by atoms with van der Waals surface area (Å²) in [5, 5.41) is 0. The summed E-state index contributed by atoms with van der Waals surface area (Å²) in [6.07, 6.45) is 0.898. The molecule has 0 N–H and O–H groups in total. The van der Waals surface area contributed by atoms with E-state index in [2.05, 4.69) is 13.0 Å². The highest BCUT2D eigenvalue weighted by molar-refractivity contribution is 5.77. The Labute approximate surface area is 108 Å². The van der Waals surface area contributed by atoms with Gasteiger partial charge in [0.25, 0.3) is 0 Å². The Morgan fingerprint density at radius 3 is 2.39 bits per heavy atom. The number of benzene rings is 2. The third-order valence-corrected chi connectivity index (χ3v) is 3.21. The molecule has 0 fully saturated rings. The van der Waals surface area contributed by atoms with Gasteiger partial charge in [-0.25, -0.2) is 0 Å². The van der Waals surface area contributed by atoms with E-state index >= 15 is 0 Å². The van der Waals surface area contributed by atoms with Gasteiger partial charge in [-0.1, -0.05) is 42.5 Å². The van der Waals surface area contributed by atoms with E-state index in [4.69, 9.17) is 0 Å². The maximum Gasteiger partial charge on any atom is 0.214 e. The number of anilines is 1. The summed E-state index contributed by atoms with van der Waals surface area (Å²) in [7, 11) is 0. The summed E-state index contributed by atoms with van der Waals surface area (Å²) in [5.74, 6) is 0. The van der Waals surface area contributed by atoms with Gasteiger partial charge in [0, 0.05) is 5.69 Å². The molecule has 0 aromatic heterocycles. The van der Waals surface area contributed by atoms with Crippen molar-refractivity contribution in [2.45, 2.75) is 20.4 Å². The van der Waals surface area contributed by atoms with Crippen LogP contribution < -0.4 is 4.90 Å². The molecule has 0 aliphatic rings. The van der Waals surface area contributed by atoms with Crippen molar-refractivity contribution in [1.82, 2.24) is 0 Å². The van der Waals surface area contributed by atoms with Crippen LogP contribution in [0.1, 0.15) is 16.7 Å². The van der Waals surface area contributed by atoms with Gasteiger partial charge in [0.15, 0.2) is 0 Å². The van der Waals surface area contributed by atoms with E-state index in [1.54, 1.807) is 4.90 Å². The normalized spacial score (nSPS) is 10.1. The van der Waals surface area contributed by atoms with E-state index in [0.717, 1.165) is 23.2 Å². The predicted octanol–water partition coefficient (Wildman–Crippen LogP) is 3.47. The first-order valence-corrected chi connectivity index (χ1v) is 6.04. The Kier molecular flexibility index (Phi) is 3.78. The van der Waals surface area contributed by atoms with Crippen LogP contribution in [0.4, 0.5) is 5.69 Å². The molecule has 0 saturated heterocycles. The Bertz CT molecular complexity index is 534. The predicted molar refractivity (Wildman–Crippen MR) is 74.6 cm³/mol. The monoisotopic (exact) mass is 239 g/mol. The van der Waals surface area contributed by atoms with Gasteiger partial charge in [0.1, 0.15) is 0 Å². The molecule has 92 valence electrons. The molecule has 0 aliphatic carbocycles. The largest absolute Gasteiger partial charge is 0.310 e. The van der Waals surface area contributed by atoms with Crippen LogP contribution in [0.2, 0.25) is 0 Å². The molecule has 0 bridgehead atoms. The fourth-order valence-electron chi connectivity index (χ4n) is 2.01. The second kappa shape index (κ2) is 5.50. The smallest absolute Gasteiger partial charge is 0.214 e. The van der Waals surface area contributed by atoms with Crippen molar-refractivity contribution in [2.75, 3.05) is 4.90 Å². The highest BCUT2D eigenvalue weighted by Crippen LogP contribution is 2.23. The molecule has 2 heteroatoms. The summed E-state index contributed by atoms with van der Waals surface area (Å²) in [6.45, 7) is 4.71. The van der Waals surface area contributed by atoms with Gasteiger partial charge in [0.05, 0.1) is 6.54 Å². The van der Waals surface area contributed by atoms with E-state index in [1.165, 1.54) is 5.56 Å². The Balaban J connectivity index is 2.29. The summed E-state index contributed by atoms with van der Waals surface area (Å²) in [6, 6.07) is 16.0. The molecular weight excluding hydrogens is 222 g/mol. The zero-order valence-corrected chi connectivity index (χ0v) is 10.8. The second-order valence-electron chi connectivity index (χ2n) is 4.44. The molecule has 0 heterocycles. The molecular formula is C16H17NO. The molecule has 0 unspecified atom stereocenters. The SMILES string of the molecule is Cc1cccc(N(C=O)Cc2ccccc2)c1C. The minimum absolute atomic E-state index is 0.606. The van der Waals surface area contributed by atoms with Crippen LogP contribution in [0.15, 0.2) is 48.5 Å². The molecule has 2 nitrogen and oxygen atoms in total. The van der Waals surface area contributed by atoms with Crippen molar-refractivity contribution in [3.63, 3.8) is 0 Å². The quantitative estimate of drug-likeness (QED) is 0.748. The van der Waals surface area contributed by atoms with Gasteiger partial charge in [-0.3, -0.25) is 4.79 Å². The van der Waals surface area contributed by atoms with Crippen molar-refractivity contribution in [2.24, 2.45) is 0 Å². The number of amides is 1. The lowest BCUT2D eigenvalue weighted by Crippen LogP contribution is -2.21. The first-order valence-electron chi connectivity index (χ1n) is 6.04. The van der Waals surface area contributed by atoms with E-state index in [0.29, 0.717) is 6.54 Å². The zero-order valence-electron chi connectivity index (χ0n) is 10.8. The lowest BCUT2D eigenvalue weighted by molar-refractivity contribution is -0.107. The van der Waals surface area contributed by atoms with Crippen molar-refractivity contribution >= 4 is 12.1 Å². The molecule has 2 aromatic rings. The molecule has 0 atom stereocenters. The number of aryl methyl sites for hydroxylation is 1. The van der Waals surface area contributed by atoms with Crippen molar-refractivity contribution in [1.29, 1.82) is 0 Å². The lowest BCUT2D eigenvalue weighted by atomic mass is 10.1. The first-order chi connectivity index (χ1) is 8.72. The average molecular weight is 239 g/mol. The minimum atomic E-state index is 0.606. The Hall–Kier alpha value is -2.09. The zero-order chi connectivity index (χ0) is 13.0. The molecule has 0 aliphatic heterocycles. The van der Waals surface area contributed by atoms with E-state index in [9.17, 15) is 4.79 Å². The number of hydrogen-bond donors (Lipinski definition) is 0. The molecule has 1 amide bonds. The van der Waals surface area contributed by atoms with Gasteiger partial charge in [-0.15, -0.1) is 0 Å². The molecule has 0 radical (unpaired) electrons. The Morgan fingerprint density at radius 1 is 1.00 bits per heavy atom. The van der Waals surface area contributed by atoms with Crippen LogP contribution in [0.5, 0.6) is 0 Å². The van der Waals surface area contributed by atoms with Crippen LogP contribution in [0.25, 0.3) is 0 Å². The maximum atomic E-state index is 11.3. The fourth-order valence-corrected chi connectivity index (χ4v) is 2.01. The number of rotatable bonds is 4. The molecule has 0 spiro atoms. The third-order valence-electron chi connectivity index (χ3n) is 3.21. The third kappa shape index (κ3) is 2.59. The van der Waals surface area contributed by atoms with Gasteiger partial charge >= 0.3 is 0 Å². The van der Waals surface area contributed by atoms with Crippen LogP contribution in [0, 0.1) is 13.8 Å². The van der Waals surface area contributed by atoms with Crippen molar-refractivity contribution in [3.8, 4) is 0 Å². The highest BCUT2D eigenvalue weighted by Gasteiger charge is 2.09. The van der Waals surface area contributed by atoms with E-state index < -0.39 is 0 Å². The van der Waals surface area contributed by atoms with Crippen LogP contribution in [0.3, 0.4) is 0 Å². The number of nitrogens with zero attached hydrogens (tertiary/aromatic N) is 1. The number of carbonyl (C=O) groups excluding carboxylic acids is 1. The molecule has 18 heavy (non-hydrogen) atoms. The van der Waals surface area contributed by atoms with E-state index in [1.807, 2.05) is 49.4 Å². The van der Waals surface area contributed by atoms with Crippen LogP contribution in [-0.2, 0) is 11.3 Å². The summed E-state index contributed by atoms with van der Waals surface area (Å²) < 4.78 is 0. The van der Waals surface area contributed by atoms with E-state index in [-0.39, 0.29) is 0 Å². The lowest BCUT2D eigenvalue weighted by Gasteiger charge is -2.20. The summed E-state index contributed by atoms with van der Waals surface area (Å²) in [5.41, 5.74) is 4.47. The highest BCUT2D eigenvalue weighted by atomic mass is 16.1. The van der Waals surface area contributed by atoms with Gasteiger partial charge in [-0.2, -0.15) is 0 Å². The fraction of sp³-hybridized carbons (Fsp3) is 0.188. The van der Waals surface area contributed by atoms with Gasteiger partial charge < -0.3 is 4.90 Å². The number of carbonyl (C=O) groups is 1.